The summed E-state index contributed by atoms with van der Waals surface area (Å²) in [4.78, 5) is 28.3. The molecule has 1 aromatic heterocycles. The molecule has 0 saturated heterocycles. The van der Waals surface area contributed by atoms with Crippen molar-refractivity contribution in [2.45, 2.75) is 25.3 Å². The first kappa shape index (κ1) is 13.2. The van der Waals surface area contributed by atoms with Gasteiger partial charge < -0.3 is 10.1 Å². The van der Waals surface area contributed by atoms with Crippen molar-refractivity contribution in [3.8, 4) is 5.88 Å². The maximum atomic E-state index is 12.3. The van der Waals surface area contributed by atoms with E-state index in [1.54, 1.807) is 7.11 Å². The first-order valence-electron chi connectivity index (χ1n) is 7.33. The predicted molar refractivity (Wildman–Crippen MR) is 79.3 cm³/mol. The molecular weight excluding hydrogens is 280 g/mol. The quantitative estimate of drug-likeness (QED) is 0.509. The fourth-order valence-electron chi connectivity index (χ4n) is 4.17. The minimum atomic E-state index is -0.607. The van der Waals surface area contributed by atoms with Crippen LogP contribution in [0, 0.1) is 5.92 Å². The van der Waals surface area contributed by atoms with E-state index in [0.717, 1.165) is 16.8 Å². The van der Waals surface area contributed by atoms with E-state index in [1.165, 1.54) is 5.57 Å². The van der Waals surface area contributed by atoms with Crippen LogP contribution in [-0.4, -0.2) is 24.3 Å². The normalized spacial score (nSPS) is 28.5. The molecular formula is C17H16N2O3. The number of nitrogens with zero attached hydrogens (tertiary/aromatic N) is 1. The maximum Gasteiger partial charge on any atom is 0.255 e. The molecule has 0 fully saturated rings. The van der Waals surface area contributed by atoms with E-state index in [2.05, 4.69) is 23.3 Å². The van der Waals surface area contributed by atoms with Crippen LogP contribution >= 0.6 is 0 Å². The van der Waals surface area contributed by atoms with Gasteiger partial charge in [-0.3, -0.25) is 9.59 Å². The van der Waals surface area contributed by atoms with Crippen molar-refractivity contribution in [1.29, 1.82) is 0 Å². The molecule has 1 aliphatic heterocycles. The topological polar surface area (TPSA) is 68.3 Å². The third kappa shape index (κ3) is 1.51. The molecule has 0 unspecified atom stereocenters. The van der Waals surface area contributed by atoms with Crippen molar-refractivity contribution in [2.24, 2.45) is 5.92 Å². The standard InChI is InChI=1S/C17H16N2O3/c1-9-5-10-6-13-12(3-4-14(18-13)22-2)17(7-9)15(10)11(8-20)16(21)19-17/h3-5,8,10H,6-7H2,1-2H3,(H,19,21)/t10-,17-/m0/s1. The Morgan fingerprint density at radius 1 is 1.45 bits per heavy atom. The summed E-state index contributed by atoms with van der Waals surface area (Å²) in [5, 5.41) is 3.06. The van der Waals surface area contributed by atoms with Crippen LogP contribution < -0.4 is 10.1 Å². The third-order valence-electron chi connectivity index (χ3n) is 4.87. The lowest BCUT2D eigenvalue weighted by Crippen LogP contribution is -2.48. The lowest BCUT2D eigenvalue weighted by atomic mass is 9.63. The van der Waals surface area contributed by atoms with Crippen molar-refractivity contribution in [3.63, 3.8) is 0 Å². The first-order chi connectivity index (χ1) is 10.6. The largest absolute Gasteiger partial charge is 0.481 e. The van der Waals surface area contributed by atoms with Crippen molar-refractivity contribution >= 4 is 12.2 Å². The summed E-state index contributed by atoms with van der Waals surface area (Å²) in [6, 6.07) is 3.77. The number of hydrogen-bond donors (Lipinski definition) is 1. The molecule has 2 aliphatic carbocycles. The molecule has 3 aliphatic rings. The first-order valence-corrected chi connectivity index (χ1v) is 7.33. The number of ether oxygens (including phenoxy) is 1. The number of carbonyl (C=O) groups is 2. The Balaban J connectivity index is 2.01. The summed E-state index contributed by atoms with van der Waals surface area (Å²) >= 11 is 0. The fraction of sp³-hybridized carbons (Fsp3) is 0.353. The lowest BCUT2D eigenvalue weighted by molar-refractivity contribution is -0.119. The van der Waals surface area contributed by atoms with Gasteiger partial charge in [-0.05, 0) is 25.0 Å². The van der Waals surface area contributed by atoms with Gasteiger partial charge in [0, 0.05) is 24.0 Å². The molecule has 1 N–H and O–H groups in total. The van der Waals surface area contributed by atoms with E-state index in [4.69, 9.17) is 4.74 Å². The Morgan fingerprint density at radius 2 is 2.27 bits per heavy atom. The molecule has 1 aromatic rings. The molecule has 2 bridgehead atoms. The number of rotatable bonds is 2. The van der Waals surface area contributed by atoms with Gasteiger partial charge in [-0.2, -0.15) is 0 Å². The number of carbonyl (C=O) groups excluding carboxylic acids is 2. The number of aromatic nitrogens is 1. The minimum Gasteiger partial charge on any atom is -0.481 e. The van der Waals surface area contributed by atoms with Gasteiger partial charge in [0.05, 0.1) is 23.9 Å². The Kier molecular flexibility index (Phi) is 2.58. The van der Waals surface area contributed by atoms with Crippen LogP contribution in [0.3, 0.4) is 0 Å². The summed E-state index contributed by atoms with van der Waals surface area (Å²) in [6.45, 7) is 2.07. The highest BCUT2D eigenvalue weighted by atomic mass is 16.5. The summed E-state index contributed by atoms with van der Waals surface area (Å²) in [6.07, 6.45) is 4.22. The Morgan fingerprint density at radius 3 is 3.00 bits per heavy atom. The van der Waals surface area contributed by atoms with E-state index in [1.807, 2.05) is 12.1 Å². The molecule has 2 heterocycles. The van der Waals surface area contributed by atoms with Gasteiger partial charge in [-0.25, -0.2) is 4.98 Å². The van der Waals surface area contributed by atoms with Gasteiger partial charge >= 0.3 is 0 Å². The van der Waals surface area contributed by atoms with Crippen LogP contribution in [0.1, 0.15) is 24.6 Å². The molecule has 22 heavy (non-hydrogen) atoms. The highest BCUT2D eigenvalue weighted by Gasteiger charge is 2.54. The average Bonchev–Trinajstić information content (AvgIpc) is 2.79. The Hall–Kier alpha value is -2.43. The van der Waals surface area contributed by atoms with Crippen LogP contribution in [0.4, 0.5) is 0 Å². The minimum absolute atomic E-state index is 0.0417. The number of hydrogen-bond acceptors (Lipinski definition) is 4. The SMILES string of the molecule is COc1ccc2c(n1)C[C@@H]1C=C(C)C[C@]23NC(=O)C(C=O)=C13. The smallest absolute Gasteiger partial charge is 0.255 e. The molecule has 2 atom stereocenters. The van der Waals surface area contributed by atoms with E-state index in [-0.39, 0.29) is 17.4 Å². The second kappa shape index (κ2) is 4.29. The molecule has 5 heteroatoms. The molecule has 1 amide bonds. The Labute approximate surface area is 128 Å². The fourth-order valence-corrected chi connectivity index (χ4v) is 4.17. The van der Waals surface area contributed by atoms with Gasteiger partial charge in [0.15, 0.2) is 6.29 Å². The van der Waals surface area contributed by atoms with E-state index >= 15 is 0 Å². The molecule has 4 rings (SSSR count). The second-order valence-electron chi connectivity index (χ2n) is 6.15. The predicted octanol–water partition coefficient (Wildman–Crippen LogP) is 1.43. The number of nitrogens with one attached hydrogen (secondary N) is 1. The summed E-state index contributed by atoms with van der Waals surface area (Å²) < 4.78 is 5.21. The average molecular weight is 296 g/mol. The number of fused-ring (bicyclic) bond motifs is 1. The summed E-state index contributed by atoms with van der Waals surface area (Å²) in [5.41, 5.74) is 3.74. The van der Waals surface area contributed by atoms with Crippen molar-refractivity contribution in [1.82, 2.24) is 10.3 Å². The molecule has 0 aromatic carbocycles. The Bertz CT molecular complexity index is 778. The van der Waals surface area contributed by atoms with E-state index in [0.29, 0.717) is 25.0 Å². The zero-order valence-corrected chi connectivity index (χ0v) is 12.5. The number of pyridine rings is 1. The van der Waals surface area contributed by atoms with Crippen molar-refractivity contribution in [2.75, 3.05) is 7.11 Å². The highest BCUT2D eigenvalue weighted by Crippen LogP contribution is 2.53. The van der Waals surface area contributed by atoms with Gasteiger partial charge in [-0.15, -0.1) is 0 Å². The second-order valence-corrected chi connectivity index (χ2v) is 6.15. The lowest BCUT2D eigenvalue weighted by Gasteiger charge is -2.44. The van der Waals surface area contributed by atoms with Crippen molar-refractivity contribution < 1.29 is 14.3 Å². The molecule has 0 radical (unpaired) electrons. The number of methoxy groups -OCH3 is 1. The van der Waals surface area contributed by atoms with Gasteiger partial charge in [0.1, 0.15) is 0 Å². The van der Waals surface area contributed by atoms with Gasteiger partial charge in [0.2, 0.25) is 5.88 Å². The zero-order valence-electron chi connectivity index (χ0n) is 12.5. The van der Waals surface area contributed by atoms with E-state index in [9.17, 15) is 9.59 Å². The number of amides is 1. The number of allylic oxidation sites excluding steroid dienone is 1. The number of aldehydes is 1. The highest BCUT2D eigenvalue weighted by molar-refractivity contribution is 6.14. The zero-order chi connectivity index (χ0) is 15.5. The van der Waals surface area contributed by atoms with Crippen LogP contribution in [0.25, 0.3) is 0 Å². The monoisotopic (exact) mass is 296 g/mol. The van der Waals surface area contributed by atoms with Crippen molar-refractivity contribution in [3.05, 3.63) is 46.2 Å². The van der Waals surface area contributed by atoms with Gasteiger partial charge in [0.25, 0.3) is 5.91 Å². The third-order valence-corrected chi connectivity index (χ3v) is 4.87. The summed E-state index contributed by atoms with van der Waals surface area (Å²) in [5.74, 6) is 0.336. The van der Waals surface area contributed by atoms with Crippen LogP contribution in [0.2, 0.25) is 0 Å². The van der Waals surface area contributed by atoms with Crippen LogP contribution in [0.15, 0.2) is 34.9 Å². The van der Waals surface area contributed by atoms with Gasteiger partial charge in [-0.1, -0.05) is 11.6 Å². The van der Waals surface area contributed by atoms with Crippen LogP contribution in [-0.2, 0) is 21.5 Å². The molecule has 112 valence electrons. The maximum absolute atomic E-state index is 12.3. The summed E-state index contributed by atoms with van der Waals surface area (Å²) in [7, 11) is 1.59. The van der Waals surface area contributed by atoms with Crippen LogP contribution in [0.5, 0.6) is 5.88 Å². The molecule has 5 nitrogen and oxygen atoms in total. The molecule has 0 saturated carbocycles. The molecule has 0 spiro atoms. The van der Waals surface area contributed by atoms with E-state index < -0.39 is 5.54 Å².